The van der Waals surface area contributed by atoms with Crippen molar-refractivity contribution in [3.63, 3.8) is 0 Å². The molecule has 1 amide bonds. The average molecular weight is 251 g/mol. The predicted molar refractivity (Wildman–Crippen MR) is 75.6 cm³/mol. The first-order chi connectivity index (χ1) is 8.58. The highest BCUT2D eigenvalue weighted by atomic mass is 16.2. The molecule has 0 fully saturated rings. The fraction of sp³-hybridized carbons (Fsp3) is 0.643. The maximum absolute atomic E-state index is 12.1. The summed E-state index contributed by atoms with van der Waals surface area (Å²) in [5, 5.41) is 3.03. The van der Waals surface area contributed by atoms with Crippen molar-refractivity contribution in [1.29, 1.82) is 0 Å². The Kier molecular flexibility index (Phi) is 5.75. The monoisotopic (exact) mass is 251 g/mol. The summed E-state index contributed by atoms with van der Waals surface area (Å²) in [6, 6.07) is 1.95. The standard InChI is InChI=1S/C14H25N3O/c1-4-6-7-8-11(3)16-14(18)13-9-12(15)10-17(13)5-2/h9-11H,4-8,15H2,1-3H3,(H,16,18). The first-order valence-electron chi connectivity index (χ1n) is 6.85. The maximum atomic E-state index is 12.1. The van der Waals surface area contributed by atoms with Gasteiger partial charge in [0.25, 0.3) is 5.91 Å². The first-order valence-corrected chi connectivity index (χ1v) is 6.85. The van der Waals surface area contributed by atoms with E-state index in [2.05, 4.69) is 19.2 Å². The second-order valence-corrected chi connectivity index (χ2v) is 4.81. The van der Waals surface area contributed by atoms with Gasteiger partial charge in [0.1, 0.15) is 5.69 Å². The number of rotatable bonds is 7. The van der Waals surface area contributed by atoms with Gasteiger partial charge in [-0.3, -0.25) is 4.79 Å². The highest BCUT2D eigenvalue weighted by molar-refractivity contribution is 5.94. The number of anilines is 1. The van der Waals surface area contributed by atoms with E-state index in [9.17, 15) is 4.79 Å². The molecule has 0 saturated heterocycles. The number of hydrogen-bond acceptors (Lipinski definition) is 2. The van der Waals surface area contributed by atoms with Crippen LogP contribution in [0.4, 0.5) is 5.69 Å². The highest BCUT2D eigenvalue weighted by Gasteiger charge is 2.14. The molecule has 1 aromatic heterocycles. The third-order valence-electron chi connectivity index (χ3n) is 3.11. The quantitative estimate of drug-likeness (QED) is 0.732. The Morgan fingerprint density at radius 1 is 1.44 bits per heavy atom. The molecule has 0 saturated carbocycles. The summed E-state index contributed by atoms with van der Waals surface area (Å²) >= 11 is 0. The molecule has 0 radical (unpaired) electrons. The van der Waals surface area contributed by atoms with Crippen molar-refractivity contribution in [2.75, 3.05) is 5.73 Å². The smallest absolute Gasteiger partial charge is 0.268 e. The summed E-state index contributed by atoms with van der Waals surface area (Å²) in [7, 11) is 0. The summed E-state index contributed by atoms with van der Waals surface area (Å²) in [6.07, 6.45) is 6.42. The molecule has 1 atom stereocenters. The zero-order valence-corrected chi connectivity index (χ0v) is 11.7. The van der Waals surface area contributed by atoms with Gasteiger partial charge in [0, 0.05) is 18.8 Å². The van der Waals surface area contributed by atoms with Crippen molar-refractivity contribution < 1.29 is 4.79 Å². The van der Waals surface area contributed by atoms with Gasteiger partial charge in [-0.05, 0) is 26.3 Å². The van der Waals surface area contributed by atoms with Crippen molar-refractivity contribution in [2.45, 2.75) is 59.0 Å². The summed E-state index contributed by atoms with van der Waals surface area (Å²) in [4.78, 5) is 12.1. The minimum absolute atomic E-state index is 0.0300. The van der Waals surface area contributed by atoms with Crippen molar-refractivity contribution in [3.05, 3.63) is 18.0 Å². The summed E-state index contributed by atoms with van der Waals surface area (Å²) < 4.78 is 1.88. The van der Waals surface area contributed by atoms with Crippen LogP contribution in [0.25, 0.3) is 0 Å². The number of carbonyl (C=O) groups is 1. The van der Waals surface area contributed by atoms with Crippen LogP contribution in [0.1, 0.15) is 56.9 Å². The number of unbranched alkanes of at least 4 members (excludes halogenated alkanes) is 2. The average Bonchev–Trinajstić information content (AvgIpc) is 2.71. The molecule has 1 rings (SSSR count). The van der Waals surface area contributed by atoms with Gasteiger partial charge in [0.2, 0.25) is 0 Å². The second-order valence-electron chi connectivity index (χ2n) is 4.81. The molecular formula is C14H25N3O. The van der Waals surface area contributed by atoms with Crippen LogP contribution < -0.4 is 11.1 Å². The lowest BCUT2D eigenvalue weighted by Gasteiger charge is -2.14. The Bertz CT molecular complexity index is 384. The van der Waals surface area contributed by atoms with E-state index in [1.54, 1.807) is 12.3 Å². The van der Waals surface area contributed by atoms with Crippen LogP contribution in [0.15, 0.2) is 12.3 Å². The molecular weight excluding hydrogens is 226 g/mol. The first kappa shape index (κ1) is 14.6. The lowest BCUT2D eigenvalue weighted by molar-refractivity contribution is 0.0928. The maximum Gasteiger partial charge on any atom is 0.268 e. The van der Waals surface area contributed by atoms with Crippen molar-refractivity contribution in [3.8, 4) is 0 Å². The van der Waals surface area contributed by atoms with E-state index >= 15 is 0 Å². The van der Waals surface area contributed by atoms with Gasteiger partial charge < -0.3 is 15.6 Å². The molecule has 18 heavy (non-hydrogen) atoms. The molecule has 0 aliphatic heterocycles. The molecule has 1 heterocycles. The number of nitrogens with two attached hydrogens (primary N) is 1. The molecule has 0 aromatic carbocycles. The van der Waals surface area contributed by atoms with Crippen LogP contribution in [0.2, 0.25) is 0 Å². The van der Waals surface area contributed by atoms with Gasteiger partial charge in [-0.1, -0.05) is 26.2 Å². The molecule has 0 aliphatic rings. The van der Waals surface area contributed by atoms with Crippen molar-refractivity contribution in [2.24, 2.45) is 0 Å². The number of nitrogens with zero attached hydrogens (tertiary/aromatic N) is 1. The van der Waals surface area contributed by atoms with Gasteiger partial charge in [0.05, 0.1) is 5.69 Å². The van der Waals surface area contributed by atoms with Crippen LogP contribution in [0, 0.1) is 0 Å². The van der Waals surface area contributed by atoms with Crippen LogP contribution in [-0.4, -0.2) is 16.5 Å². The van der Waals surface area contributed by atoms with E-state index < -0.39 is 0 Å². The minimum Gasteiger partial charge on any atom is -0.397 e. The van der Waals surface area contributed by atoms with E-state index in [1.807, 2.05) is 11.5 Å². The van der Waals surface area contributed by atoms with Crippen LogP contribution in [-0.2, 0) is 6.54 Å². The van der Waals surface area contributed by atoms with Crippen LogP contribution in [0.3, 0.4) is 0 Å². The molecule has 0 spiro atoms. The fourth-order valence-electron chi connectivity index (χ4n) is 2.06. The Morgan fingerprint density at radius 2 is 2.17 bits per heavy atom. The molecule has 0 aliphatic carbocycles. The summed E-state index contributed by atoms with van der Waals surface area (Å²) in [6.45, 7) is 6.99. The number of nitrogen functional groups attached to an aromatic ring is 1. The zero-order chi connectivity index (χ0) is 13.5. The minimum atomic E-state index is -0.0300. The van der Waals surface area contributed by atoms with Gasteiger partial charge in [0.15, 0.2) is 0 Å². The van der Waals surface area contributed by atoms with E-state index in [1.165, 1.54) is 12.8 Å². The van der Waals surface area contributed by atoms with Crippen LogP contribution in [0.5, 0.6) is 0 Å². The molecule has 4 nitrogen and oxygen atoms in total. The number of hydrogen-bond donors (Lipinski definition) is 2. The summed E-state index contributed by atoms with van der Waals surface area (Å²) in [5.41, 5.74) is 7.01. The number of carbonyl (C=O) groups excluding carboxylic acids is 1. The lowest BCUT2D eigenvalue weighted by Crippen LogP contribution is -2.33. The SMILES string of the molecule is CCCCCC(C)NC(=O)c1cc(N)cn1CC. The van der Waals surface area contributed by atoms with Gasteiger partial charge in [-0.15, -0.1) is 0 Å². The molecule has 1 aromatic rings. The van der Waals surface area contributed by atoms with Crippen molar-refractivity contribution in [1.82, 2.24) is 9.88 Å². The summed E-state index contributed by atoms with van der Waals surface area (Å²) in [5.74, 6) is -0.0300. The predicted octanol–water partition coefficient (Wildman–Crippen LogP) is 2.79. The third-order valence-corrected chi connectivity index (χ3v) is 3.11. The Balaban J connectivity index is 2.53. The Morgan fingerprint density at radius 3 is 2.78 bits per heavy atom. The fourth-order valence-corrected chi connectivity index (χ4v) is 2.06. The van der Waals surface area contributed by atoms with E-state index in [-0.39, 0.29) is 11.9 Å². The Hall–Kier alpha value is -1.45. The molecule has 3 N–H and O–H groups in total. The van der Waals surface area contributed by atoms with Crippen LogP contribution >= 0.6 is 0 Å². The molecule has 0 bridgehead atoms. The Labute approximate surface area is 110 Å². The van der Waals surface area contributed by atoms with E-state index in [0.717, 1.165) is 19.4 Å². The van der Waals surface area contributed by atoms with Gasteiger partial charge in [-0.25, -0.2) is 0 Å². The van der Waals surface area contributed by atoms with E-state index in [4.69, 9.17) is 5.73 Å². The highest BCUT2D eigenvalue weighted by Crippen LogP contribution is 2.11. The van der Waals surface area contributed by atoms with Crippen molar-refractivity contribution >= 4 is 11.6 Å². The largest absolute Gasteiger partial charge is 0.397 e. The second kappa shape index (κ2) is 7.09. The van der Waals surface area contributed by atoms with Gasteiger partial charge >= 0.3 is 0 Å². The number of aromatic nitrogens is 1. The normalized spacial score (nSPS) is 12.4. The third kappa shape index (κ3) is 4.09. The topological polar surface area (TPSA) is 60.1 Å². The van der Waals surface area contributed by atoms with E-state index in [0.29, 0.717) is 11.4 Å². The molecule has 1 unspecified atom stereocenters. The molecule has 4 heteroatoms. The number of amides is 1. The zero-order valence-electron chi connectivity index (χ0n) is 11.7. The number of aryl methyl sites for hydroxylation is 1. The number of nitrogens with one attached hydrogen (secondary N) is 1. The molecule has 102 valence electrons. The van der Waals surface area contributed by atoms with Gasteiger partial charge in [-0.2, -0.15) is 0 Å². The lowest BCUT2D eigenvalue weighted by atomic mass is 10.1.